The molecule has 0 aliphatic carbocycles. The van der Waals surface area contributed by atoms with E-state index < -0.39 is 18.7 Å². The monoisotopic (exact) mass is 327 g/mol. The minimum absolute atomic E-state index is 0.0176. The van der Waals surface area contributed by atoms with Gasteiger partial charge in [0.15, 0.2) is 6.61 Å². The smallest absolute Gasteiger partial charge is 0.422 e. The average Bonchev–Trinajstić information content (AvgIpc) is 2.85. The molecule has 1 amide bonds. The number of carbonyl (C=O) groups excluding carboxylic acids is 1. The number of nitrogens with one attached hydrogen (secondary N) is 1. The predicted octanol–water partition coefficient (Wildman–Crippen LogP) is 3.40. The number of anilines is 1. The van der Waals surface area contributed by atoms with Gasteiger partial charge in [-0.1, -0.05) is 6.07 Å². The van der Waals surface area contributed by atoms with E-state index in [9.17, 15) is 18.0 Å². The van der Waals surface area contributed by atoms with Gasteiger partial charge < -0.3 is 10.1 Å². The second kappa shape index (κ2) is 6.72. The Morgan fingerprint density at radius 3 is 2.74 bits per heavy atom. The molecule has 2 rings (SSSR count). The molecule has 0 saturated carbocycles. The van der Waals surface area contributed by atoms with Crippen molar-refractivity contribution in [3.05, 3.63) is 41.7 Å². The van der Waals surface area contributed by atoms with E-state index in [4.69, 9.17) is 0 Å². The normalized spacial score (nSPS) is 11.3. The number of rotatable bonds is 5. The summed E-state index contributed by atoms with van der Waals surface area (Å²) in [7, 11) is 0. The van der Waals surface area contributed by atoms with Gasteiger partial charge in [-0.05, 0) is 32.0 Å². The molecule has 0 atom stereocenters. The second-order valence-electron chi connectivity index (χ2n) is 4.85. The summed E-state index contributed by atoms with van der Waals surface area (Å²) in [5, 5.41) is 6.79. The van der Waals surface area contributed by atoms with Crippen LogP contribution in [0.2, 0.25) is 0 Å². The molecule has 2 aromatic rings. The van der Waals surface area contributed by atoms with Crippen LogP contribution in [0.1, 0.15) is 23.0 Å². The Morgan fingerprint density at radius 1 is 1.39 bits per heavy atom. The molecular formula is C15H16F3N3O2. The molecule has 1 N–H and O–H groups in total. The number of aromatic nitrogens is 2. The minimum Gasteiger partial charge on any atom is -0.484 e. The fourth-order valence-corrected chi connectivity index (χ4v) is 1.97. The third kappa shape index (κ3) is 4.48. The lowest BCUT2D eigenvalue weighted by molar-refractivity contribution is -0.153. The van der Waals surface area contributed by atoms with Gasteiger partial charge in [-0.3, -0.25) is 9.48 Å². The van der Waals surface area contributed by atoms with Crippen molar-refractivity contribution in [2.24, 2.45) is 0 Å². The number of hydrogen-bond donors (Lipinski definition) is 1. The molecule has 0 spiro atoms. The standard InChI is InChI=1S/C15H16F3N3O2/c1-3-21-10(2)13(8-19-21)20-14(22)11-5-4-6-12(7-11)23-9-15(16,17)18/h4-8H,3,9H2,1-2H3,(H,20,22). The largest absolute Gasteiger partial charge is 0.484 e. The first-order valence-corrected chi connectivity index (χ1v) is 6.93. The van der Waals surface area contributed by atoms with Crippen LogP contribution in [-0.2, 0) is 6.54 Å². The summed E-state index contributed by atoms with van der Waals surface area (Å²) in [4.78, 5) is 12.2. The Kier molecular flexibility index (Phi) is 4.92. The quantitative estimate of drug-likeness (QED) is 0.916. The Labute approximate surface area is 131 Å². The lowest BCUT2D eigenvalue weighted by atomic mass is 10.2. The van der Waals surface area contributed by atoms with E-state index in [1.807, 2.05) is 13.8 Å². The van der Waals surface area contributed by atoms with Gasteiger partial charge in [0, 0.05) is 12.1 Å². The number of aryl methyl sites for hydroxylation is 1. The summed E-state index contributed by atoms with van der Waals surface area (Å²) in [5.74, 6) is -0.461. The van der Waals surface area contributed by atoms with E-state index in [1.165, 1.54) is 30.5 Å². The van der Waals surface area contributed by atoms with Crippen molar-refractivity contribution in [3.63, 3.8) is 0 Å². The van der Waals surface area contributed by atoms with E-state index >= 15 is 0 Å². The number of amides is 1. The average molecular weight is 327 g/mol. The zero-order valence-electron chi connectivity index (χ0n) is 12.6. The number of nitrogens with zero attached hydrogens (tertiary/aromatic N) is 2. The maximum atomic E-state index is 12.2. The van der Waals surface area contributed by atoms with E-state index in [-0.39, 0.29) is 11.3 Å². The van der Waals surface area contributed by atoms with Gasteiger partial charge in [0.25, 0.3) is 5.91 Å². The highest BCUT2D eigenvalue weighted by molar-refractivity contribution is 6.04. The Balaban J connectivity index is 2.08. The third-order valence-electron chi connectivity index (χ3n) is 3.15. The van der Waals surface area contributed by atoms with Crippen molar-refractivity contribution in [3.8, 4) is 5.75 Å². The van der Waals surface area contributed by atoms with Gasteiger partial charge in [0.2, 0.25) is 0 Å². The van der Waals surface area contributed by atoms with Gasteiger partial charge in [0.1, 0.15) is 5.75 Å². The van der Waals surface area contributed by atoms with Gasteiger partial charge in [-0.2, -0.15) is 18.3 Å². The minimum atomic E-state index is -4.43. The molecule has 1 aromatic carbocycles. The number of ether oxygens (including phenoxy) is 1. The number of alkyl halides is 3. The van der Waals surface area contributed by atoms with Crippen molar-refractivity contribution in [1.82, 2.24) is 9.78 Å². The molecule has 0 unspecified atom stereocenters. The fourth-order valence-electron chi connectivity index (χ4n) is 1.97. The van der Waals surface area contributed by atoms with Gasteiger partial charge in [0.05, 0.1) is 17.6 Å². The van der Waals surface area contributed by atoms with E-state index in [0.29, 0.717) is 12.2 Å². The van der Waals surface area contributed by atoms with Crippen LogP contribution in [0.5, 0.6) is 5.75 Å². The molecule has 23 heavy (non-hydrogen) atoms. The van der Waals surface area contributed by atoms with Crippen LogP contribution in [0.15, 0.2) is 30.5 Å². The molecule has 8 heteroatoms. The summed E-state index contributed by atoms with van der Waals surface area (Å²) in [6.45, 7) is 3.00. The van der Waals surface area contributed by atoms with Gasteiger partial charge in [-0.15, -0.1) is 0 Å². The molecule has 0 fully saturated rings. The zero-order valence-corrected chi connectivity index (χ0v) is 12.6. The van der Waals surface area contributed by atoms with Crippen LogP contribution in [0.4, 0.5) is 18.9 Å². The highest BCUT2D eigenvalue weighted by Gasteiger charge is 2.28. The maximum absolute atomic E-state index is 12.2. The molecule has 124 valence electrons. The summed E-state index contributed by atoms with van der Waals surface area (Å²) in [6, 6.07) is 5.59. The van der Waals surface area contributed by atoms with Crippen LogP contribution in [0.3, 0.4) is 0 Å². The van der Waals surface area contributed by atoms with Crippen molar-refractivity contribution >= 4 is 11.6 Å². The number of carbonyl (C=O) groups is 1. The van der Waals surface area contributed by atoms with Crippen LogP contribution in [-0.4, -0.2) is 28.5 Å². The molecule has 0 aliphatic heterocycles. The first-order valence-electron chi connectivity index (χ1n) is 6.93. The number of hydrogen-bond acceptors (Lipinski definition) is 3. The summed E-state index contributed by atoms with van der Waals surface area (Å²) in [6.07, 6.45) is -2.90. The predicted molar refractivity (Wildman–Crippen MR) is 78.6 cm³/mol. The fraction of sp³-hybridized carbons (Fsp3) is 0.333. The second-order valence-corrected chi connectivity index (χ2v) is 4.85. The van der Waals surface area contributed by atoms with Crippen LogP contribution in [0, 0.1) is 6.92 Å². The molecule has 0 radical (unpaired) electrons. The Morgan fingerprint density at radius 2 is 2.13 bits per heavy atom. The van der Waals surface area contributed by atoms with E-state index in [0.717, 1.165) is 5.69 Å². The SMILES string of the molecule is CCn1ncc(NC(=O)c2cccc(OCC(F)(F)F)c2)c1C. The molecular weight excluding hydrogens is 311 g/mol. The van der Waals surface area contributed by atoms with Crippen LogP contribution in [0.25, 0.3) is 0 Å². The third-order valence-corrected chi connectivity index (χ3v) is 3.15. The number of benzene rings is 1. The molecule has 5 nitrogen and oxygen atoms in total. The topological polar surface area (TPSA) is 56.2 Å². The van der Waals surface area contributed by atoms with Crippen molar-refractivity contribution in [1.29, 1.82) is 0 Å². The lowest BCUT2D eigenvalue weighted by Crippen LogP contribution is -2.19. The summed E-state index contributed by atoms with van der Waals surface area (Å²) < 4.78 is 42.8. The van der Waals surface area contributed by atoms with Crippen LogP contribution >= 0.6 is 0 Å². The summed E-state index contributed by atoms with van der Waals surface area (Å²) >= 11 is 0. The van der Waals surface area contributed by atoms with Crippen molar-refractivity contribution < 1.29 is 22.7 Å². The molecule has 0 saturated heterocycles. The van der Waals surface area contributed by atoms with E-state index in [1.54, 1.807) is 4.68 Å². The lowest BCUT2D eigenvalue weighted by Gasteiger charge is -2.10. The van der Waals surface area contributed by atoms with E-state index in [2.05, 4.69) is 15.2 Å². The zero-order chi connectivity index (χ0) is 17.0. The summed E-state index contributed by atoms with van der Waals surface area (Å²) in [5.41, 5.74) is 1.55. The van der Waals surface area contributed by atoms with Gasteiger partial charge >= 0.3 is 6.18 Å². The van der Waals surface area contributed by atoms with Crippen molar-refractivity contribution in [2.75, 3.05) is 11.9 Å². The molecule has 1 heterocycles. The number of halogens is 3. The van der Waals surface area contributed by atoms with Crippen LogP contribution < -0.4 is 10.1 Å². The Bertz CT molecular complexity index is 696. The van der Waals surface area contributed by atoms with Crippen molar-refractivity contribution in [2.45, 2.75) is 26.6 Å². The molecule has 0 aliphatic rings. The highest BCUT2D eigenvalue weighted by atomic mass is 19.4. The molecule has 1 aromatic heterocycles. The first kappa shape index (κ1) is 16.9. The Hall–Kier alpha value is -2.51. The van der Waals surface area contributed by atoms with Gasteiger partial charge in [-0.25, -0.2) is 0 Å². The maximum Gasteiger partial charge on any atom is 0.422 e. The molecule has 0 bridgehead atoms. The first-order chi connectivity index (χ1) is 10.8. The highest BCUT2D eigenvalue weighted by Crippen LogP contribution is 2.20.